The maximum absolute atomic E-state index is 11.5. The van der Waals surface area contributed by atoms with Gasteiger partial charge in [0.2, 0.25) is 5.91 Å². The summed E-state index contributed by atoms with van der Waals surface area (Å²) in [5.41, 5.74) is 1.20. The van der Waals surface area contributed by atoms with Gasteiger partial charge < -0.3 is 25.4 Å². The molecule has 0 aliphatic carbocycles. The monoisotopic (exact) mass is 322 g/mol. The van der Waals surface area contributed by atoms with Crippen LogP contribution in [0.15, 0.2) is 29.3 Å². The van der Waals surface area contributed by atoms with Crippen LogP contribution in [0.5, 0.6) is 5.75 Å². The molecule has 23 heavy (non-hydrogen) atoms. The summed E-state index contributed by atoms with van der Waals surface area (Å²) in [5, 5.41) is 8.74. The van der Waals surface area contributed by atoms with Gasteiger partial charge in [0.05, 0.1) is 19.7 Å². The van der Waals surface area contributed by atoms with Crippen LogP contribution in [-0.4, -0.2) is 58.9 Å². The highest BCUT2D eigenvalue weighted by atomic mass is 16.5. The molecular weight excluding hydrogens is 296 g/mol. The average molecular weight is 322 g/mol. The zero-order chi connectivity index (χ0) is 16.9. The summed E-state index contributed by atoms with van der Waals surface area (Å²) in [6.07, 6.45) is 0. The number of amides is 1. The van der Waals surface area contributed by atoms with E-state index in [2.05, 4.69) is 20.9 Å². The molecule has 0 unspecified atom stereocenters. The minimum Gasteiger partial charge on any atom is -0.492 e. The van der Waals surface area contributed by atoms with Crippen molar-refractivity contribution in [2.45, 2.75) is 6.92 Å². The predicted molar refractivity (Wildman–Crippen MR) is 90.9 cm³/mol. The van der Waals surface area contributed by atoms with Crippen molar-refractivity contribution >= 4 is 11.9 Å². The molecule has 0 atom stereocenters. The molecule has 0 fully saturated rings. The molecule has 0 bridgehead atoms. The number of aliphatic imine (C=N–C) groups is 1. The molecule has 0 saturated heterocycles. The number of guanidine groups is 1. The van der Waals surface area contributed by atoms with E-state index in [1.807, 2.05) is 31.2 Å². The average Bonchev–Trinajstić information content (AvgIpc) is 2.56. The van der Waals surface area contributed by atoms with Crippen molar-refractivity contribution in [2.75, 3.05) is 47.0 Å². The van der Waals surface area contributed by atoms with Crippen molar-refractivity contribution in [1.29, 1.82) is 0 Å². The molecule has 3 N–H and O–H groups in total. The first kappa shape index (κ1) is 18.8. The molecule has 0 aromatic heterocycles. The molecule has 1 aromatic carbocycles. The quantitative estimate of drug-likeness (QED) is 0.346. The number of hydrogen-bond donors (Lipinski definition) is 3. The third-order valence-electron chi connectivity index (χ3n) is 2.95. The Hall–Kier alpha value is -2.28. The summed E-state index contributed by atoms with van der Waals surface area (Å²) in [4.78, 5) is 15.6. The van der Waals surface area contributed by atoms with Crippen LogP contribution in [0.1, 0.15) is 5.56 Å². The van der Waals surface area contributed by atoms with Crippen LogP contribution in [0, 0.1) is 6.92 Å². The van der Waals surface area contributed by atoms with E-state index in [1.165, 1.54) is 5.56 Å². The lowest BCUT2D eigenvalue weighted by Crippen LogP contribution is -2.44. The molecule has 0 heterocycles. The lowest BCUT2D eigenvalue weighted by atomic mass is 10.2. The number of carbonyl (C=O) groups is 1. The summed E-state index contributed by atoms with van der Waals surface area (Å²) in [5.74, 6) is 1.28. The Kier molecular flexibility index (Phi) is 9.23. The molecular formula is C16H26N4O3. The third kappa shape index (κ3) is 8.67. The number of nitrogens with zero attached hydrogens (tertiary/aromatic N) is 1. The molecule has 0 aliphatic heterocycles. The topological polar surface area (TPSA) is 84.0 Å². The Labute approximate surface area is 137 Å². The molecule has 0 radical (unpaired) electrons. The first-order valence-corrected chi connectivity index (χ1v) is 7.55. The molecule has 7 nitrogen and oxygen atoms in total. The Morgan fingerprint density at radius 3 is 2.43 bits per heavy atom. The zero-order valence-corrected chi connectivity index (χ0v) is 14.0. The van der Waals surface area contributed by atoms with Gasteiger partial charge in [0.15, 0.2) is 5.96 Å². The van der Waals surface area contributed by atoms with E-state index in [0.717, 1.165) is 5.75 Å². The Morgan fingerprint density at radius 1 is 1.09 bits per heavy atom. The van der Waals surface area contributed by atoms with E-state index in [0.29, 0.717) is 32.3 Å². The predicted octanol–water partition coefficient (Wildman–Crippen LogP) is 0.301. The van der Waals surface area contributed by atoms with Crippen LogP contribution in [-0.2, 0) is 9.53 Å². The molecule has 0 spiro atoms. The van der Waals surface area contributed by atoms with Crippen molar-refractivity contribution < 1.29 is 14.3 Å². The maximum Gasteiger partial charge on any atom is 0.239 e. The van der Waals surface area contributed by atoms with E-state index in [-0.39, 0.29) is 12.5 Å². The first-order chi connectivity index (χ1) is 11.2. The largest absolute Gasteiger partial charge is 0.492 e. The van der Waals surface area contributed by atoms with E-state index in [9.17, 15) is 4.79 Å². The molecule has 128 valence electrons. The van der Waals surface area contributed by atoms with Crippen molar-refractivity contribution in [3.8, 4) is 5.75 Å². The van der Waals surface area contributed by atoms with E-state index in [4.69, 9.17) is 9.47 Å². The zero-order valence-electron chi connectivity index (χ0n) is 14.0. The van der Waals surface area contributed by atoms with Gasteiger partial charge in [0, 0.05) is 20.7 Å². The molecule has 1 amide bonds. The number of aryl methyl sites for hydroxylation is 1. The fourth-order valence-corrected chi connectivity index (χ4v) is 1.71. The summed E-state index contributed by atoms with van der Waals surface area (Å²) in [7, 11) is 3.24. The highest BCUT2D eigenvalue weighted by Gasteiger charge is 2.02. The second-order valence-electron chi connectivity index (χ2n) is 4.86. The fourth-order valence-electron chi connectivity index (χ4n) is 1.71. The summed E-state index contributed by atoms with van der Waals surface area (Å²) < 4.78 is 10.5. The molecule has 0 aliphatic rings. The fraction of sp³-hybridized carbons (Fsp3) is 0.500. The minimum atomic E-state index is -0.110. The number of hydrogen-bond acceptors (Lipinski definition) is 4. The Morgan fingerprint density at radius 2 is 1.78 bits per heavy atom. The van der Waals surface area contributed by atoms with Gasteiger partial charge in [0.1, 0.15) is 12.4 Å². The second-order valence-corrected chi connectivity index (χ2v) is 4.86. The summed E-state index contributed by atoms with van der Waals surface area (Å²) in [6, 6.07) is 7.89. The van der Waals surface area contributed by atoms with Crippen LogP contribution in [0.4, 0.5) is 0 Å². The number of methoxy groups -OCH3 is 1. The van der Waals surface area contributed by atoms with Gasteiger partial charge >= 0.3 is 0 Å². The van der Waals surface area contributed by atoms with Crippen molar-refractivity contribution in [3.63, 3.8) is 0 Å². The lowest BCUT2D eigenvalue weighted by molar-refractivity contribution is -0.120. The molecule has 1 rings (SSSR count). The van der Waals surface area contributed by atoms with Gasteiger partial charge in [-0.3, -0.25) is 9.79 Å². The molecule has 0 saturated carbocycles. The van der Waals surface area contributed by atoms with Crippen molar-refractivity contribution in [2.24, 2.45) is 4.99 Å². The lowest BCUT2D eigenvalue weighted by Gasteiger charge is -2.12. The van der Waals surface area contributed by atoms with Crippen LogP contribution in [0.25, 0.3) is 0 Å². The van der Waals surface area contributed by atoms with Gasteiger partial charge in [-0.25, -0.2) is 0 Å². The Bertz CT molecular complexity index is 489. The molecule has 1 aromatic rings. The maximum atomic E-state index is 11.5. The number of benzene rings is 1. The van der Waals surface area contributed by atoms with Gasteiger partial charge in [-0.15, -0.1) is 0 Å². The first-order valence-electron chi connectivity index (χ1n) is 7.55. The van der Waals surface area contributed by atoms with Crippen molar-refractivity contribution in [3.05, 3.63) is 29.8 Å². The minimum absolute atomic E-state index is 0.110. The number of carbonyl (C=O) groups excluding carboxylic acids is 1. The van der Waals surface area contributed by atoms with Gasteiger partial charge in [0.25, 0.3) is 0 Å². The van der Waals surface area contributed by atoms with Crippen molar-refractivity contribution in [1.82, 2.24) is 16.0 Å². The Balaban J connectivity index is 2.16. The van der Waals surface area contributed by atoms with E-state index < -0.39 is 0 Å². The molecule has 7 heteroatoms. The summed E-state index contributed by atoms with van der Waals surface area (Å²) >= 11 is 0. The smallest absolute Gasteiger partial charge is 0.239 e. The number of ether oxygens (including phenoxy) is 2. The number of rotatable bonds is 9. The van der Waals surface area contributed by atoms with Gasteiger partial charge in [-0.2, -0.15) is 0 Å². The van der Waals surface area contributed by atoms with Crippen LogP contribution in [0.2, 0.25) is 0 Å². The normalized spacial score (nSPS) is 11.0. The van der Waals surface area contributed by atoms with E-state index >= 15 is 0 Å². The highest BCUT2D eigenvalue weighted by molar-refractivity contribution is 5.86. The number of nitrogens with one attached hydrogen (secondary N) is 3. The van der Waals surface area contributed by atoms with E-state index in [1.54, 1.807) is 14.2 Å². The summed E-state index contributed by atoms with van der Waals surface area (Å²) in [6.45, 7) is 4.26. The second kappa shape index (κ2) is 11.3. The standard InChI is InChI=1S/C16H26N4O3/c1-13-4-6-14(7-5-13)23-11-9-19-16(17-2)20-12-15(21)18-8-10-22-3/h4-7H,8-12H2,1-3H3,(H,18,21)(H2,17,19,20). The van der Waals surface area contributed by atoms with Gasteiger partial charge in [-0.1, -0.05) is 17.7 Å². The highest BCUT2D eigenvalue weighted by Crippen LogP contribution is 2.10. The van der Waals surface area contributed by atoms with Crippen LogP contribution < -0.4 is 20.7 Å². The van der Waals surface area contributed by atoms with Crippen LogP contribution >= 0.6 is 0 Å². The van der Waals surface area contributed by atoms with Crippen LogP contribution in [0.3, 0.4) is 0 Å². The SMILES string of the molecule is CN=C(NCCOc1ccc(C)cc1)NCC(=O)NCCOC. The third-order valence-corrected chi connectivity index (χ3v) is 2.95. The van der Waals surface area contributed by atoms with Gasteiger partial charge in [-0.05, 0) is 19.1 Å².